The first-order chi connectivity index (χ1) is 16.3. The lowest BCUT2D eigenvalue weighted by molar-refractivity contribution is -0.120. The van der Waals surface area contributed by atoms with Crippen LogP contribution in [0, 0.1) is 0 Å². The molecule has 3 N–H and O–H groups in total. The molecule has 3 aromatic rings. The highest BCUT2D eigenvalue weighted by molar-refractivity contribution is 6.30. The Morgan fingerprint density at radius 2 is 1.82 bits per heavy atom. The molecule has 9 nitrogen and oxygen atoms in total. The third-order valence-electron chi connectivity index (χ3n) is 6.11. The SMILES string of the molecule is CNC1=C(c2nc3ccccc3[nH]2)C(=O)[C@@](C)(CCNC(C)=O)N1c1cc(OC)cc(OC)c1. The van der Waals surface area contributed by atoms with Crippen LogP contribution in [0.1, 0.15) is 26.1 Å². The molecule has 0 saturated carbocycles. The van der Waals surface area contributed by atoms with Crippen LogP contribution in [-0.2, 0) is 9.59 Å². The van der Waals surface area contributed by atoms with Gasteiger partial charge in [-0.3, -0.25) is 9.59 Å². The fourth-order valence-corrected chi connectivity index (χ4v) is 4.41. The summed E-state index contributed by atoms with van der Waals surface area (Å²) in [5, 5.41) is 6.04. The molecule has 34 heavy (non-hydrogen) atoms. The maximum atomic E-state index is 14.1. The number of ether oxygens (including phenoxy) is 2. The van der Waals surface area contributed by atoms with Gasteiger partial charge in [0, 0.05) is 38.7 Å². The van der Waals surface area contributed by atoms with Gasteiger partial charge in [0.1, 0.15) is 34.3 Å². The lowest BCUT2D eigenvalue weighted by atomic mass is 9.89. The summed E-state index contributed by atoms with van der Waals surface area (Å²) < 4.78 is 11.0. The van der Waals surface area contributed by atoms with Crippen molar-refractivity contribution in [3.05, 3.63) is 54.1 Å². The summed E-state index contributed by atoms with van der Waals surface area (Å²) in [6, 6.07) is 13.1. The zero-order chi connectivity index (χ0) is 24.5. The summed E-state index contributed by atoms with van der Waals surface area (Å²) >= 11 is 0. The fraction of sp³-hybridized carbons (Fsp3) is 0.320. The van der Waals surface area contributed by atoms with Crippen molar-refractivity contribution in [3.8, 4) is 11.5 Å². The van der Waals surface area contributed by atoms with Crippen molar-refractivity contribution in [2.75, 3.05) is 32.7 Å². The van der Waals surface area contributed by atoms with E-state index in [1.165, 1.54) is 6.92 Å². The van der Waals surface area contributed by atoms with Crippen LogP contribution in [0.3, 0.4) is 0 Å². The first-order valence-corrected chi connectivity index (χ1v) is 11.0. The summed E-state index contributed by atoms with van der Waals surface area (Å²) in [5.74, 6) is 2.02. The first kappa shape index (κ1) is 23.2. The van der Waals surface area contributed by atoms with Crippen molar-refractivity contribution in [1.29, 1.82) is 0 Å². The molecule has 0 radical (unpaired) electrons. The van der Waals surface area contributed by atoms with Gasteiger partial charge in [0.15, 0.2) is 5.78 Å². The van der Waals surface area contributed by atoms with E-state index in [1.807, 2.05) is 48.2 Å². The first-order valence-electron chi connectivity index (χ1n) is 11.0. The number of para-hydroxylation sites is 2. The van der Waals surface area contributed by atoms with E-state index in [-0.39, 0.29) is 11.7 Å². The summed E-state index contributed by atoms with van der Waals surface area (Å²) in [7, 11) is 4.94. The number of aromatic amines is 1. The third-order valence-corrected chi connectivity index (χ3v) is 6.11. The quantitative estimate of drug-likeness (QED) is 0.471. The molecule has 1 aliphatic rings. The molecule has 0 fully saturated rings. The number of nitrogens with zero attached hydrogens (tertiary/aromatic N) is 2. The molecule has 0 unspecified atom stereocenters. The number of nitrogens with one attached hydrogen (secondary N) is 3. The van der Waals surface area contributed by atoms with Gasteiger partial charge in [0.2, 0.25) is 5.91 Å². The summed E-state index contributed by atoms with van der Waals surface area (Å²) in [6.45, 7) is 3.66. The summed E-state index contributed by atoms with van der Waals surface area (Å²) in [6.07, 6.45) is 0.375. The second-order valence-electron chi connectivity index (χ2n) is 8.32. The predicted molar refractivity (Wildman–Crippen MR) is 131 cm³/mol. The van der Waals surface area contributed by atoms with Gasteiger partial charge in [-0.2, -0.15) is 0 Å². The van der Waals surface area contributed by atoms with Gasteiger partial charge < -0.3 is 30.0 Å². The number of amides is 1. The number of aromatic nitrogens is 2. The minimum atomic E-state index is -1.01. The standard InChI is InChI=1S/C25H29N5O4/c1-15(31)27-11-10-25(2)22(32)21(23-28-19-8-6-7-9-20(19)29-23)24(26-3)30(25)16-12-17(33-4)14-18(13-16)34-5/h6-9,12-14,26H,10-11H2,1-5H3,(H,27,31)(H,28,29)/t25-/m1/s1. The van der Waals surface area contributed by atoms with Crippen LogP contribution in [0.2, 0.25) is 0 Å². The van der Waals surface area contributed by atoms with Crippen LogP contribution in [-0.4, -0.2) is 55.0 Å². The zero-order valence-corrected chi connectivity index (χ0v) is 20.0. The minimum Gasteiger partial charge on any atom is -0.497 e. The molecule has 2 heterocycles. The normalized spacial score (nSPS) is 17.9. The van der Waals surface area contributed by atoms with Crippen molar-refractivity contribution in [2.45, 2.75) is 25.8 Å². The maximum Gasteiger partial charge on any atom is 0.216 e. The van der Waals surface area contributed by atoms with Crippen molar-refractivity contribution < 1.29 is 19.1 Å². The molecule has 1 atom stereocenters. The van der Waals surface area contributed by atoms with Gasteiger partial charge in [-0.05, 0) is 25.5 Å². The van der Waals surface area contributed by atoms with Crippen molar-refractivity contribution in [1.82, 2.24) is 20.6 Å². The second-order valence-corrected chi connectivity index (χ2v) is 8.32. The number of methoxy groups -OCH3 is 2. The number of fused-ring (bicyclic) bond motifs is 1. The van der Waals surface area contributed by atoms with Crippen LogP contribution in [0.25, 0.3) is 16.6 Å². The van der Waals surface area contributed by atoms with Gasteiger partial charge in [-0.15, -0.1) is 0 Å². The number of carbonyl (C=O) groups excluding carboxylic acids is 2. The maximum absolute atomic E-state index is 14.1. The molecule has 1 aliphatic heterocycles. The number of Topliss-reactive ketones (excluding diaryl/α,β-unsaturated/α-hetero) is 1. The monoisotopic (exact) mass is 463 g/mol. The average Bonchev–Trinajstić information content (AvgIpc) is 3.35. The van der Waals surface area contributed by atoms with Gasteiger partial charge in [-0.25, -0.2) is 4.98 Å². The Balaban J connectivity index is 1.90. The summed E-state index contributed by atoms with van der Waals surface area (Å²) in [4.78, 5) is 35.5. The summed E-state index contributed by atoms with van der Waals surface area (Å²) in [5.41, 5.74) is 1.77. The molecule has 4 rings (SSSR count). The number of H-pyrrole nitrogens is 1. The molecule has 0 aliphatic carbocycles. The molecule has 2 aromatic carbocycles. The highest BCUT2D eigenvalue weighted by Crippen LogP contribution is 2.44. The van der Waals surface area contributed by atoms with Gasteiger partial charge >= 0.3 is 0 Å². The number of benzene rings is 2. The molecule has 178 valence electrons. The molecule has 0 bridgehead atoms. The Hall–Kier alpha value is -4.01. The molecule has 0 saturated heterocycles. The molecule has 9 heteroatoms. The van der Waals surface area contributed by atoms with E-state index >= 15 is 0 Å². The van der Waals surface area contributed by atoms with Crippen molar-refractivity contribution in [3.63, 3.8) is 0 Å². The molecular weight excluding hydrogens is 434 g/mol. The highest BCUT2D eigenvalue weighted by Gasteiger charge is 2.51. The van der Waals surface area contributed by atoms with Crippen molar-refractivity contribution >= 4 is 34.0 Å². The smallest absolute Gasteiger partial charge is 0.216 e. The highest BCUT2D eigenvalue weighted by atomic mass is 16.5. The van der Waals surface area contributed by atoms with Crippen LogP contribution < -0.4 is 25.0 Å². The number of imidazole rings is 1. The molecule has 0 spiro atoms. The van der Waals surface area contributed by atoms with Crippen LogP contribution >= 0.6 is 0 Å². The molecule has 1 amide bonds. The van der Waals surface area contributed by atoms with E-state index in [4.69, 9.17) is 14.5 Å². The topological polar surface area (TPSA) is 109 Å². The van der Waals surface area contributed by atoms with E-state index in [1.54, 1.807) is 27.3 Å². The number of hydrogen-bond acceptors (Lipinski definition) is 7. The van der Waals surface area contributed by atoms with Crippen LogP contribution in [0.4, 0.5) is 5.69 Å². The fourth-order valence-electron chi connectivity index (χ4n) is 4.41. The van der Waals surface area contributed by atoms with Gasteiger partial charge in [-0.1, -0.05) is 12.1 Å². The molecular formula is C25H29N5O4. The third kappa shape index (κ3) is 3.93. The Morgan fingerprint density at radius 1 is 1.15 bits per heavy atom. The van der Waals surface area contributed by atoms with E-state index in [9.17, 15) is 9.59 Å². The van der Waals surface area contributed by atoms with Gasteiger partial charge in [0.25, 0.3) is 0 Å². The van der Waals surface area contributed by atoms with E-state index < -0.39 is 5.54 Å². The van der Waals surface area contributed by atoms with E-state index in [0.717, 1.165) is 11.0 Å². The number of carbonyl (C=O) groups is 2. The Kier molecular flexibility index (Phi) is 6.19. The average molecular weight is 464 g/mol. The Labute approximate surface area is 198 Å². The van der Waals surface area contributed by atoms with Gasteiger partial charge in [0.05, 0.1) is 30.9 Å². The predicted octanol–water partition coefficient (Wildman–Crippen LogP) is 2.84. The minimum absolute atomic E-state index is 0.108. The Bertz CT molecular complexity index is 1230. The number of rotatable bonds is 8. The number of hydrogen-bond donors (Lipinski definition) is 3. The number of anilines is 1. The molecule has 1 aromatic heterocycles. The zero-order valence-electron chi connectivity index (χ0n) is 20.0. The lowest BCUT2D eigenvalue weighted by Gasteiger charge is -2.37. The van der Waals surface area contributed by atoms with Crippen LogP contribution in [0.5, 0.6) is 11.5 Å². The van der Waals surface area contributed by atoms with E-state index in [2.05, 4.69) is 15.6 Å². The van der Waals surface area contributed by atoms with Crippen LogP contribution in [0.15, 0.2) is 48.3 Å². The van der Waals surface area contributed by atoms with E-state index in [0.29, 0.717) is 47.4 Å². The number of ketones is 1. The largest absolute Gasteiger partial charge is 0.497 e. The second kappa shape index (κ2) is 9.09. The lowest BCUT2D eigenvalue weighted by Crippen LogP contribution is -2.50. The van der Waals surface area contributed by atoms with Crippen molar-refractivity contribution in [2.24, 2.45) is 0 Å². The Morgan fingerprint density at radius 3 is 2.41 bits per heavy atom.